The van der Waals surface area contributed by atoms with E-state index in [9.17, 15) is 4.79 Å². The summed E-state index contributed by atoms with van der Waals surface area (Å²) in [6.45, 7) is 6.20. The van der Waals surface area contributed by atoms with Crippen molar-refractivity contribution < 1.29 is 4.79 Å². The van der Waals surface area contributed by atoms with E-state index in [0.717, 1.165) is 12.8 Å². The van der Waals surface area contributed by atoms with Crippen molar-refractivity contribution in [2.24, 2.45) is 5.92 Å². The van der Waals surface area contributed by atoms with Crippen LogP contribution in [0.1, 0.15) is 40.0 Å². The van der Waals surface area contributed by atoms with E-state index in [1.807, 2.05) is 6.92 Å². The molecule has 1 rings (SSSR count). The second kappa shape index (κ2) is 4.40. The first-order chi connectivity index (χ1) is 6.09. The van der Waals surface area contributed by atoms with Gasteiger partial charge >= 0.3 is 0 Å². The van der Waals surface area contributed by atoms with E-state index < -0.39 is 0 Å². The Balaban J connectivity index is 2.36. The molecule has 0 fully saturated rings. The third kappa shape index (κ3) is 3.17. The van der Waals surface area contributed by atoms with Crippen LogP contribution < -0.4 is 0 Å². The maximum absolute atomic E-state index is 11.2. The van der Waals surface area contributed by atoms with Gasteiger partial charge in [-0.25, -0.2) is 0 Å². The predicted molar refractivity (Wildman–Crippen MR) is 55.5 cm³/mol. The van der Waals surface area contributed by atoms with Gasteiger partial charge in [0.25, 0.3) is 0 Å². The van der Waals surface area contributed by atoms with Crippen molar-refractivity contribution in [1.29, 1.82) is 0 Å². The first-order valence-electron chi connectivity index (χ1n) is 4.95. The maximum atomic E-state index is 11.2. The van der Waals surface area contributed by atoms with E-state index in [1.54, 1.807) is 0 Å². The molecule has 0 aromatic rings. The number of allylic oxidation sites excluding steroid dienone is 4. The average molecular weight is 178 g/mol. The van der Waals surface area contributed by atoms with E-state index in [-0.39, 0.29) is 5.92 Å². The van der Waals surface area contributed by atoms with Crippen LogP contribution in [0.5, 0.6) is 0 Å². The van der Waals surface area contributed by atoms with Crippen LogP contribution >= 0.6 is 0 Å². The lowest BCUT2D eigenvalue weighted by molar-refractivity contribution is -0.119. The van der Waals surface area contributed by atoms with E-state index in [1.165, 1.54) is 11.1 Å². The molecule has 1 atom stereocenters. The highest BCUT2D eigenvalue weighted by atomic mass is 16.1. The van der Waals surface area contributed by atoms with Crippen LogP contribution in [0.4, 0.5) is 0 Å². The molecule has 0 saturated carbocycles. The molecule has 0 saturated heterocycles. The zero-order valence-corrected chi connectivity index (χ0v) is 8.76. The molecule has 1 unspecified atom stereocenters. The molecule has 0 aliphatic heterocycles. The quantitative estimate of drug-likeness (QED) is 0.606. The van der Waals surface area contributed by atoms with Gasteiger partial charge in [-0.2, -0.15) is 0 Å². The van der Waals surface area contributed by atoms with Gasteiger partial charge in [0.2, 0.25) is 0 Å². The first kappa shape index (κ1) is 10.2. The summed E-state index contributed by atoms with van der Waals surface area (Å²) in [5.74, 6) is 0.550. The normalized spacial score (nSPS) is 21.6. The third-order valence-electron chi connectivity index (χ3n) is 2.41. The standard InChI is InChI=1S/C12H18O/c1-9(2)5-4-6-11-7-10(3)12(13)8-11/h5,7,10H,4,6,8H2,1-3H3. The fourth-order valence-corrected chi connectivity index (χ4v) is 1.61. The minimum atomic E-state index is 0.168. The van der Waals surface area contributed by atoms with Gasteiger partial charge in [0.05, 0.1) is 0 Å². The molecular weight excluding hydrogens is 160 g/mol. The molecule has 13 heavy (non-hydrogen) atoms. The molecule has 1 aliphatic carbocycles. The fraction of sp³-hybridized carbons (Fsp3) is 0.583. The molecule has 72 valence electrons. The minimum absolute atomic E-state index is 0.168. The van der Waals surface area contributed by atoms with Gasteiger partial charge in [-0.15, -0.1) is 0 Å². The Labute approximate surface area is 80.5 Å². The van der Waals surface area contributed by atoms with Crippen molar-refractivity contribution >= 4 is 5.78 Å². The number of ketones is 1. The summed E-state index contributed by atoms with van der Waals surface area (Å²) in [7, 11) is 0. The Morgan fingerprint density at radius 1 is 1.62 bits per heavy atom. The van der Waals surface area contributed by atoms with Gasteiger partial charge in [0, 0.05) is 12.3 Å². The second-order valence-electron chi connectivity index (χ2n) is 4.08. The highest BCUT2D eigenvalue weighted by Gasteiger charge is 2.19. The Bertz CT molecular complexity index is 254. The molecule has 0 radical (unpaired) electrons. The van der Waals surface area contributed by atoms with Crippen LogP contribution in [0.25, 0.3) is 0 Å². The zero-order valence-electron chi connectivity index (χ0n) is 8.76. The van der Waals surface area contributed by atoms with E-state index in [4.69, 9.17) is 0 Å². The van der Waals surface area contributed by atoms with Crippen molar-refractivity contribution in [1.82, 2.24) is 0 Å². The molecule has 0 aromatic heterocycles. The van der Waals surface area contributed by atoms with Crippen LogP contribution in [0.3, 0.4) is 0 Å². The van der Waals surface area contributed by atoms with Crippen molar-refractivity contribution in [3.05, 3.63) is 23.3 Å². The van der Waals surface area contributed by atoms with Gasteiger partial charge in [0.15, 0.2) is 0 Å². The van der Waals surface area contributed by atoms with E-state index in [0.29, 0.717) is 12.2 Å². The van der Waals surface area contributed by atoms with Gasteiger partial charge in [0.1, 0.15) is 5.78 Å². The summed E-state index contributed by atoms with van der Waals surface area (Å²) in [4.78, 5) is 11.2. The molecule has 0 bridgehead atoms. The monoisotopic (exact) mass is 178 g/mol. The molecule has 0 N–H and O–H groups in total. The predicted octanol–water partition coefficient (Wildman–Crippen LogP) is 3.27. The Morgan fingerprint density at radius 3 is 2.77 bits per heavy atom. The third-order valence-corrected chi connectivity index (χ3v) is 2.41. The number of hydrogen-bond acceptors (Lipinski definition) is 1. The van der Waals surface area contributed by atoms with Crippen molar-refractivity contribution in [3.8, 4) is 0 Å². The van der Waals surface area contributed by atoms with Crippen LogP contribution in [0, 0.1) is 5.92 Å². The summed E-state index contributed by atoms with van der Waals surface area (Å²) in [5, 5.41) is 0. The van der Waals surface area contributed by atoms with Crippen molar-refractivity contribution in [3.63, 3.8) is 0 Å². The molecule has 0 spiro atoms. The zero-order chi connectivity index (χ0) is 9.84. The highest BCUT2D eigenvalue weighted by Crippen LogP contribution is 2.23. The van der Waals surface area contributed by atoms with E-state index >= 15 is 0 Å². The number of hydrogen-bond donors (Lipinski definition) is 0. The summed E-state index contributed by atoms with van der Waals surface area (Å²) in [6, 6.07) is 0. The lowest BCUT2D eigenvalue weighted by Crippen LogP contribution is -1.99. The molecule has 0 amide bonds. The Kier molecular flexibility index (Phi) is 3.47. The fourth-order valence-electron chi connectivity index (χ4n) is 1.61. The summed E-state index contributed by atoms with van der Waals surface area (Å²) < 4.78 is 0. The van der Waals surface area contributed by atoms with Crippen LogP contribution in [-0.4, -0.2) is 5.78 Å². The van der Waals surface area contributed by atoms with Crippen LogP contribution in [0.2, 0.25) is 0 Å². The van der Waals surface area contributed by atoms with Gasteiger partial charge in [-0.05, 0) is 26.7 Å². The van der Waals surface area contributed by atoms with Gasteiger partial charge in [-0.1, -0.05) is 30.2 Å². The molecule has 0 aromatic carbocycles. The molecular formula is C12H18O. The molecule has 0 heterocycles. The highest BCUT2D eigenvalue weighted by molar-refractivity contribution is 5.87. The number of rotatable bonds is 3. The smallest absolute Gasteiger partial charge is 0.143 e. The molecule has 1 nitrogen and oxygen atoms in total. The lowest BCUT2D eigenvalue weighted by Gasteiger charge is -1.96. The Morgan fingerprint density at radius 2 is 2.31 bits per heavy atom. The summed E-state index contributed by atoms with van der Waals surface area (Å²) >= 11 is 0. The minimum Gasteiger partial charge on any atom is -0.299 e. The van der Waals surface area contributed by atoms with Gasteiger partial charge < -0.3 is 0 Å². The summed E-state index contributed by atoms with van der Waals surface area (Å²) in [5.41, 5.74) is 2.69. The topological polar surface area (TPSA) is 17.1 Å². The number of Topliss-reactive ketones (excluding diaryl/α,β-unsaturated/α-hetero) is 1. The van der Waals surface area contributed by atoms with Crippen LogP contribution in [-0.2, 0) is 4.79 Å². The number of carbonyl (C=O) groups is 1. The summed E-state index contributed by atoms with van der Waals surface area (Å²) in [6.07, 6.45) is 7.18. The van der Waals surface area contributed by atoms with Crippen molar-refractivity contribution in [2.45, 2.75) is 40.0 Å². The van der Waals surface area contributed by atoms with E-state index in [2.05, 4.69) is 26.0 Å². The van der Waals surface area contributed by atoms with Crippen molar-refractivity contribution in [2.75, 3.05) is 0 Å². The number of carbonyl (C=O) groups excluding carboxylic acids is 1. The largest absolute Gasteiger partial charge is 0.299 e. The van der Waals surface area contributed by atoms with Gasteiger partial charge in [-0.3, -0.25) is 4.79 Å². The second-order valence-corrected chi connectivity index (χ2v) is 4.08. The molecule has 1 heteroatoms. The maximum Gasteiger partial charge on any atom is 0.143 e. The average Bonchev–Trinajstić information content (AvgIpc) is 2.30. The lowest BCUT2D eigenvalue weighted by atomic mass is 10.1. The first-order valence-corrected chi connectivity index (χ1v) is 4.95. The van der Waals surface area contributed by atoms with Crippen LogP contribution in [0.15, 0.2) is 23.3 Å². The SMILES string of the molecule is CC(C)=CCCC1=CC(C)C(=O)C1. The molecule has 1 aliphatic rings. The Hall–Kier alpha value is -0.850.